The summed E-state index contributed by atoms with van der Waals surface area (Å²) in [5, 5.41) is 3.37. The van der Waals surface area contributed by atoms with Gasteiger partial charge in [0.2, 0.25) is 11.8 Å². The van der Waals surface area contributed by atoms with Crippen LogP contribution in [0.1, 0.15) is 47.2 Å². The number of carbonyl (C=O) groups is 4. The molecule has 7 rings (SSSR count). The number of amides is 2. The van der Waals surface area contributed by atoms with Crippen molar-refractivity contribution in [3.05, 3.63) is 93.2 Å². The third-order valence-corrected chi connectivity index (χ3v) is 9.89. The summed E-state index contributed by atoms with van der Waals surface area (Å²) in [5.41, 5.74) is 0.994. The van der Waals surface area contributed by atoms with Crippen LogP contribution in [-0.4, -0.2) is 54.2 Å². The number of ketones is 1. The Bertz CT molecular complexity index is 1730. The molecule has 11 heteroatoms. The summed E-state index contributed by atoms with van der Waals surface area (Å²) in [6, 6.07) is 16.0. The summed E-state index contributed by atoms with van der Waals surface area (Å²) < 4.78 is 20.8. The summed E-state index contributed by atoms with van der Waals surface area (Å²) in [5.74, 6) is -3.42. The number of benzene rings is 3. The van der Waals surface area contributed by atoms with E-state index in [4.69, 9.17) is 27.9 Å². The van der Waals surface area contributed by atoms with Gasteiger partial charge in [-0.05, 0) is 66.8 Å². The van der Waals surface area contributed by atoms with Crippen molar-refractivity contribution in [2.24, 2.45) is 11.8 Å². The molecular weight excluding hydrogens is 608 g/mol. The molecule has 2 saturated heterocycles. The minimum Gasteiger partial charge on any atom is -0.457 e. The van der Waals surface area contributed by atoms with Crippen LogP contribution in [0.2, 0.25) is 10.0 Å². The number of halogens is 3. The number of rotatable bonds is 7. The number of carbonyl (C=O) groups excluding carboxylic acids is 4. The number of Topliss-reactive ketones (excluding diaryl/α,β-unsaturated/α-hetero) is 1. The lowest BCUT2D eigenvalue weighted by Gasteiger charge is -2.41. The zero-order chi connectivity index (χ0) is 30.9. The molecule has 1 spiro atoms. The highest BCUT2D eigenvalue weighted by atomic mass is 35.5. The highest BCUT2D eigenvalue weighted by molar-refractivity contribution is 6.31. The first-order valence-electron chi connectivity index (χ1n) is 14.5. The van der Waals surface area contributed by atoms with Crippen LogP contribution in [0.4, 0.5) is 15.8 Å². The third-order valence-electron chi connectivity index (χ3n) is 9.36. The van der Waals surface area contributed by atoms with E-state index in [-0.39, 0.29) is 41.3 Å². The Hall–Kier alpha value is -3.79. The van der Waals surface area contributed by atoms with Crippen molar-refractivity contribution in [2.75, 3.05) is 29.9 Å². The van der Waals surface area contributed by atoms with E-state index in [9.17, 15) is 19.2 Å². The number of anilines is 2. The van der Waals surface area contributed by atoms with Gasteiger partial charge in [-0.1, -0.05) is 41.4 Å². The first kappa shape index (κ1) is 29.0. The monoisotopic (exact) mass is 635 g/mol. The second-order valence-electron chi connectivity index (χ2n) is 11.9. The van der Waals surface area contributed by atoms with Gasteiger partial charge in [0.15, 0.2) is 12.4 Å². The van der Waals surface area contributed by atoms with Crippen molar-refractivity contribution >= 4 is 58.1 Å². The Morgan fingerprint density at radius 3 is 2.52 bits per heavy atom. The smallest absolute Gasteiger partial charge is 0.303 e. The molecule has 1 unspecified atom stereocenters. The molecule has 1 saturated carbocycles. The molecule has 0 aromatic heterocycles. The van der Waals surface area contributed by atoms with Crippen LogP contribution in [0.3, 0.4) is 0 Å². The van der Waals surface area contributed by atoms with E-state index < -0.39 is 35.2 Å². The Balaban J connectivity index is 1.33. The number of fused-ring (bicyclic) bond motifs is 3. The van der Waals surface area contributed by atoms with Gasteiger partial charge in [0, 0.05) is 59.5 Å². The quantitative estimate of drug-likeness (QED) is 0.269. The van der Waals surface area contributed by atoms with Crippen LogP contribution in [-0.2, 0) is 24.7 Å². The van der Waals surface area contributed by atoms with Gasteiger partial charge in [0.05, 0.1) is 10.9 Å². The van der Waals surface area contributed by atoms with E-state index in [1.165, 1.54) is 13.0 Å². The average Bonchev–Trinajstić information content (AvgIpc) is 3.62. The predicted octanol–water partition coefficient (Wildman–Crippen LogP) is 5.57. The molecule has 226 valence electrons. The molecule has 1 N–H and O–H groups in total. The largest absolute Gasteiger partial charge is 0.457 e. The summed E-state index contributed by atoms with van der Waals surface area (Å²) in [6.07, 6.45) is 2.02. The van der Waals surface area contributed by atoms with Gasteiger partial charge in [0.25, 0.3) is 0 Å². The van der Waals surface area contributed by atoms with E-state index in [2.05, 4.69) is 10.2 Å². The number of hydrogen-bond acceptors (Lipinski definition) is 6. The van der Waals surface area contributed by atoms with Crippen molar-refractivity contribution in [1.29, 1.82) is 0 Å². The number of hydrogen-bond donors (Lipinski definition) is 1. The zero-order valence-electron chi connectivity index (χ0n) is 23.7. The van der Waals surface area contributed by atoms with E-state index in [1.54, 1.807) is 59.5 Å². The van der Waals surface area contributed by atoms with E-state index >= 15 is 4.39 Å². The molecule has 2 amide bonds. The van der Waals surface area contributed by atoms with Crippen molar-refractivity contribution in [1.82, 2.24) is 4.90 Å². The van der Waals surface area contributed by atoms with Gasteiger partial charge >= 0.3 is 5.97 Å². The fourth-order valence-electron chi connectivity index (χ4n) is 7.33. The minimum atomic E-state index is -1.35. The van der Waals surface area contributed by atoms with E-state index in [1.807, 2.05) is 0 Å². The number of ether oxygens (including phenoxy) is 1. The fraction of sp³-hybridized carbons (Fsp3) is 0.333. The summed E-state index contributed by atoms with van der Waals surface area (Å²) >= 11 is 12.6. The van der Waals surface area contributed by atoms with Gasteiger partial charge in [-0.3, -0.25) is 24.1 Å². The van der Waals surface area contributed by atoms with Gasteiger partial charge < -0.3 is 15.0 Å². The van der Waals surface area contributed by atoms with Crippen LogP contribution < -0.4 is 10.2 Å². The van der Waals surface area contributed by atoms with Gasteiger partial charge in [-0.15, -0.1) is 0 Å². The van der Waals surface area contributed by atoms with Crippen molar-refractivity contribution < 1.29 is 28.3 Å². The highest BCUT2D eigenvalue weighted by Crippen LogP contribution is 2.62. The van der Waals surface area contributed by atoms with E-state index in [0.29, 0.717) is 40.0 Å². The molecule has 4 aliphatic rings. The Kier molecular flexibility index (Phi) is 7.03. The summed E-state index contributed by atoms with van der Waals surface area (Å²) in [7, 11) is 0. The number of esters is 1. The maximum atomic E-state index is 16.0. The van der Waals surface area contributed by atoms with Crippen molar-refractivity contribution in [3.8, 4) is 0 Å². The molecule has 3 heterocycles. The number of nitrogens with zero attached hydrogens (tertiary/aromatic N) is 2. The topological polar surface area (TPSA) is 96.0 Å². The van der Waals surface area contributed by atoms with Gasteiger partial charge in [0.1, 0.15) is 11.4 Å². The van der Waals surface area contributed by atoms with Crippen molar-refractivity contribution in [3.63, 3.8) is 0 Å². The zero-order valence-corrected chi connectivity index (χ0v) is 25.2. The van der Waals surface area contributed by atoms with Crippen LogP contribution in [0, 0.1) is 17.7 Å². The lowest BCUT2D eigenvalue weighted by Crippen LogP contribution is -2.54. The van der Waals surface area contributed by atoms with Crippen LogP contribution in [0.15, 0.2) is 60.7 Å². The molecule has 0 radical (unpaired) electrons. The molecule has 3 aromatic carbocycles. The maximum absolute atomic E-state index is 16.0. The molecule has 3 aromatic rings. The Morgan fingerprint density at radius 2 is 1.82 bits per heavy atom. The molecule has 0 bridgehead atoms. The van der Waals surface area contributed by atoms with Gasteiger partial charge in [-0.2, -0.15) is 0 Å². The van der Waals surface area contributed by atoms with Crippen LogP contribution in [0.25, 0.3) is 0 Å². The summed E-state index contributed by atoms with van der Waals surface area (Å²) in [6.45, 7) is 1.70. The third kappa shape index (κ3) is 4.44. The van der Waals surface area contributed by atoms with Crippen LogP contribution in [0.5, 0.6) is 0 Å². The highest BCUT2D eigenvalue weighted by Gasteiger charge is 2.71. The van der Waals surface area contributed by atoms with E-state index in [0.717, 1.165) is 12.8 Å². The first-order valence-corrected chi connectivity index (χ1v) is 15.3. The SMILES string of the molecule is CC(=O)OCC(=O)c1ccc(N2C[C@H]3[C@@H](C2=O)C(c2cccc(Cl)c2F)[C@]2(C(=O)Nc4cc(Cl)ccc42)N3CC2CC2)cc1. The minimum absolute atomic E-state index is 0.0825. The molecule has 8 nitrogen and oxygen atoms in total. The Labute approximate surface area is 263 Å². The molecule has 3 fully saturated rings. The molecule has 1 aliphatic carbocycles. The molecule has 3 aliphatic heterocycles. The van der Waals surface area contributed by atoms with Gasteiger partial charge in [-0.25, -0.2) is 4.39 Å². The standard InChI is InChI=1S/C33H28Cl2FN3O5/c1-17(40)44-16-27(41)19-7-10-21(11-8-19)38-15-26-28(31(38)42)29(22-3-2-4-24(35)30(22)36)33(39(26)14-18-5-6-18)23-12-9-20(34)13-25(23)37-32(33)43/h2-4,7-13,18,26,28-29H,5-6,14-16H2,1H3,(H,37,43)/t26-,28+,29?,33+/m0/s1. The number of likely N-dealkylation sites (tertiary alicyclic amines) is 1. The average molecular weight is 637 g/mol. The first-order chi connectivity index (χ1) is 21.1. The normalized spacial score (nSPS) is 25.7. The maximum Gasteiger partial charge on any atom is 0.303 e. The number of nitrogens with one attached hydrogen (secondary N) is 1. The molecule has 44 heavy (non-hydrogen) atoms. The second kappa shape index (κ2) is 10.7. The Morgan fingerprint density at radius 1 is 1.07 bits per heavy atom. The fourth-order valence-corrected chi connectivity index (χ4v) is 7.68. The molecular formula is C33H28Cl2FN3O5. The lowest BCUT2D eigenvalue weighted by molar-refractivity contribution is -0.139. The second-order valence-corrected chi connectivity index (χ2v) is 12.8. The summed E-state index contributed by atoms with van der Waals surface area (Å²) in [4.78, 5) is 56.1. The lowest BCUT2D eigenvalue weighted by atomic mass is 9.71. The predicted molar refractivity (Wildman–Crippen MR) is 162 cm³/mol. The van der Waals surface area contributed by atoms with Crippen LogP contribution >= 0.6 is 23.2 Å². The van der Waals surface area contributed by atoms with Crippen molar-refractivity contribution in [2.45, 2.75) is 37.3 Å². The molecule has 4 atom stereocenters.